The van der Waals surface area contributed by atoms with Crippen molar-refractivity contribution >= 4 is 5.78 Å². The predicted octanol–water partition coefficient (Wildman–Crippen LogP) is 3.87. The first-order chi connectivity index (χ1) is 7.73. The van der Waals surface area contributed by atoms with Gasteiger partial charge in [-0.2, -0.15) is 0 Å². The third-order valence-electron chi connectivity index (χ3n) is 3.90. The fraction of sp³-hybridized carbons (Fsp3) is 0.533. The highest BCUT2D eigenvalue weighted by Crippen LogP contribution is 2.44. The van der Waals surface area contributed by atoms with Crippen molar-refractivity contribution in [3.63, 3.8) is 0 Å². The van der Waals surface area contributed by atoms with Crippen LogP contribution < -0.4 is 0 Å². The topological polar surface area (TPSA) is 17.1 Å². The Morgan fingerprint density at radius 1 is 1.19 bits per heavy atom. The molecule has 0 aromatic heterocycles. The first-order valence-electron chi connectivity index (χ1n) is 6.28. The first kappa shape index (κ1) is 11.4. The van der Waals surface area contributed by atoms with Crippen molar-refractivity contribution < 1.29 is 4.79 Å². The second-order valence-corrected chi connectivity index (χ2v) is 5.06. The second kappa shape index (κ2) is 4.82. The summed E-state index contributed by atoms with van der Waals surface area (Å²) in [6, 6.07) is 10.8. The van der Waals surface area contributed by atoms with Crippen LogP contribution in [0.4, 0.5) is 0 Å². The molecule has 2 rings (SSSR count). The van der Waals surface area contributed by atoms with Crippen LogP contribution in [0.3, 0.4) is 0 Å². The van der Waals surface area contributed by atoms with Crippen LogP contribution in [-0.4, -0.2) is 5.78 Å². The van der Waals surface area contributed by atoms with E-state index in [1.807, 2.05) is 0 Å². The fourth-order valence-corrected chi connectivity index (χ4v) is 2.94. The fourth-order valence-electron chi connectivity index (χ4n) is 2.94. The Kier molecular flexibility index (Phi) is 3.42. The summed E-state index contributed by atoms with van der Waals surface area (Å²) < 4.78 is 0. The summed E-state index contributed by atoms with van der Waals surface area (Å²) in [5, 5.41) is 0. The Labute approximate surface area is 97.9 Å². The molecule has 0 amide bonds. The number of Topliss-reactive ketones (excluding diaryl/α,β-unsaturated/α-hetero) is 1. The maximum atomic E-state index is 11.2. The second-order valence-electron chi connectivity index (χ2n) is 5.06. The van der Waals surface area contributed by atoms with Crippen LogP contribution in [-0.2, 0) is 10.2 Å². The van der Waals surface area contributed by atoms with Gasteiger partial charge in [-0.3, -0.25) is 0 Å². The van der Waals surface area contributed by atoms with Gasteiger partial charge in [-0.15, -0.1) is 0 Å². The van der Waals surface area contributed by atoms with Gasteiger partial charge in [0.15, 0.2) is 0 Å². The number of hydrogen-bond donors (Lipinski definition) is 0. The zero-order chi connectivity index (χ0) is 11.4. The Morgan fingerprint density at radius 3 is 2.38 bits per heavy atom. The summed E-state index contributed by atoms with van der Waals surface area (Å²) in [6.07, 6.45) is 6.90. The quantitative estimate of drug-likeness (QED) is 0.746. The Balaban J connectivity index is 2.19. The van der Waals surface area contributed by atoms with E-state index in [0.717, 1.165) is 12.8 Å². The molecule has 0 bridgehead atoms. The molecule has 0 saturated heterocycles. The van der Waals surface area contributed by atoms with E-state index in [9.17, 15) is 4.79 Å². The van der Waals surface area contributed by atoms with Gasteiger partial charge in [-0.1, -0.05) is 43.2 Å². The van der Waals surface area contributed by atoms with Crippen LogP contribution in [0.15, 0.2) is 30.3 Å². The molecule has 1 fully saturated rings. The van der Waals surface area contributed by atoms with Gasteiger partial charge in [0.05, 0.1) is 0 Å². The highest BCUT2D eigenvalue weighted by Gasteiger charge is 2.35. The smallest absolute Gasteiger partial charge is 0.129 e. The lowest BCUT2D eigenvalue weighted by Gasteiger charge is -2.29. The molecule has 0 atom stereocenters. The van der Waals surface area contributed by atoms with Gasteiger partial charge in [-0.25, -0.2) is 0 Å². The summed E-state index contributed by atoms with van der Waals surface area (Å²) in [5.41, 5.74) is 1.74. The van der Waals surface area contributed by atoms with Crippen molar-refractivity contribution in [2.75, 3.05) is 0 Å². The normalized spacial score (nSPS) is 18.6. The van der Waals surface area contributed by atoms with Crippen LogP contribution in [0.2, 0.25) is 0 Å². The molecule has 1 heteroatoms. The minimum atomic E-state index is 0.299. The number of carbonyl (C=O) groups excluding carboxylic acids is 1. The van der Waals surface area contributed by atoms with E-state index < -0.39 is 0 Å². The van der Waals surface area contributed by atoms with Crippen molar-refractivity contribution in [3.05, 3.63) is 35.9 Å². The lowest BCUT2D eigenvalue weighted by Crippen LogP contribution is -2.22. The minimum absolute atomic E-state index is 0.299. The average Bonchev–Trinajstić information content (AvgIpc) is 2.78. The summed E-state index contributed by atoms with van der Waals surface area (Å²) in [7, 11) is 0. The molecule has 1 saturated carbocycles. The largest absolute Gasteiger partial charge is 0.300 e. The number of ketones is 1. The van der Waals surface area contributed by atoms with E-state index in [1.165, 1.54) is 31.2 Å². The summed E-state index contributed by atoms with van der Waals surface area (Å²) >= 11 is 0. The van der Waals surface area contributed by atoms with Crippen LogP contribution in [0.25, 0.3) is 0 Å². The molecule has 0 spiro atoms. The van der Waals surface area contributed by atoms with Crippen molar-refractivity contribution in [2.45, 2.75) is 50.9 Å². The molecule has 1 aliphatic rings. The molecule has 0 radical (unpaired) electrons. The van der Waals surface area contributed by atoms with E-state index in [2.05, 4.69) is 30.3 Å². The average molecular weight is 216 g/mol. The number of rotatable bonds is 4. The molecule has 16 heavy (non-hydrogen) atoms. The SMILES string of the molecule is CC(=O)CCC1(c2ccccc2)CCCC1. The summed E-state index contributed by atoms with van der Waals surface area (Å²) in [5.74, 6) is 0.321. The number of carbonyl (C=O) groups is 1. The Hall–Kier alpha value is -1.11. The molecule has 0 aliphatic heterocycles. The van der Waals surface area contributed by atoms with Gasteiger partial charge < -0.3 is 4.79 Å². The van der Waals surface area contributed by atoms with E-state index >= 15 is 0 Å². The molecule has 0 heterocycles. The molecular weight excluding hydrogens is 196 g/mol. The minimum Gasteiger partial charge on any atom is -0.300 e. The van der Waals surface area contributed by atoms with E-state index in [4.69, 9.17) is 0 Å². The first-order valence-corrected chi connectivity index (χ1v) is 6.28. The Bertz CT molecular complexity index is 347. The van der Waals surface area contributed by atoms with E-state index in [-0.39, 0.29) is 0 Å². The molecule has 86 valence electrons. The van der Waals surface area contributed by atoms with Gasteiger partial charge in [0.1, 0.15) is 5.78 Å². The predicted molar refractivity (Wildman–Crippen MR) is 66.5 cm³/mol. The lowest BCUT2D eigenvalue weighted by atomic mass is 9.75. The van der Waals surface area contributed by atoms with Gasteiger partial charge in [0.2, 0.25) is 0 Å². The molecule has 1 aliphatic carbocycles. The molecule has 1 aromatic rings. The molecule has 1 aromatic carbocycles. The third kappa shape index (κ3) is 2.34. The van der Waals surface area contributed by atoms with Crippen LogP contribution in [0.1, 0.15) is 51.0 Å². The van der Waals surface area contributed by atoms with Crippen LogP contribution in [0.5, 0.6) is 0 Å². The highest BCUT2D eigenvalue weighted by molar-refractivity contribution is 5.75. The Morgan fingerprint density at radius 2 is 1.81 bits per heavy atom. The molecular formula is C15H20O. The van der Waals surface area contributed by atoms with E-state index in [1.54, 1.807) is 6.92 Å². The van der Waals surface area contributed by atoms with E-state index in [0.29, 0.717) is 11.2 Å². The van der Waals surface area contributed by atoms with Gasteiger partial charge in [-0.05, 0) is 37.2 Å². The standard InChI is InChI=1S/C15H20O/c1-13(16)9-12-15(10-5-6-11-15)14-7-3-2-4-8-14/h2-4,7-8H,5-6,9-12H2,1H3. The zero-order valence-electron chi connectivity index (χ0n) is 10.0. The van der Waals surface area contributed by atoms with Gasteiger partial charge in [0.25, 0.3) is 0 Å². The lowest BCUT2D eigenvalue weighted by molar-refractivity contribution is -0.117. The molecule has 0 unspecified atom stereocenters. The highest BCUT2D eigenvalue weighted by atomic mass is 16.1. The summed E-state index contributed by atoms with van der Waals surface area (Å²) in [4.78, 5) is 11.2. The van der Waals surface area contributed by atoms with Crippen molar-refractivity contribution in [1.82, 2.24) is 0 Å². The van der Waals surface area contributed by atoms with Crippen molar-refractivity contribution in [1.29, 1.82) is 0 Å². The maximum absolute atomic E-state index is 11.2. The number of hydrogen-bond acceptors (Lipinski definition) is 1. The third-order valence-corrected chi connectivity index (χ3v) is 3.90. The van der Waals surface area contributed by atoms with Crippen molar-refractivity contribution in [3.8, 4) is 0 Å². The van der Waals surface area contributed by atoms with Gasteiger partial charge >= 0.3 is 0 Å². The summed E-state index contributed by atoms with van der Waals surface area (Å²) in [6.45, 7) is 1.70. The monoisotopic (exact) mass is 216 g/mol. The van der Waals surface area contributed by atoms with Crippen LogP contribution in [0, 0.1) is 0 Å². The van der Waals surface area contributed by atoms with Gasteiger partial charge in [0, 0.05) is 6.42 Å². The number of benzene rings is 1. The zero-order valence-corrected chi connectivity index (χ0v) is 10.0. The van der Waals surface area contributed by atoms with Crippen LogP contribution >= 0.6 is 0 Å². The molecule has 1 nitrogen and oxygen atoms in total. The maximum Gasteiger partial charge on any atom is 0.129 e. The molecule has 0 N–H and O–H groups in total. The van der Waals surface area contributed by atoms with Crippen molar-refractivity contribution in [2.24, 2.45) is 0 Å².